The van der Waals surface area contributed by atoms with Crippen molar-refractivity contribution in [3.05, 3.63) is 29.3 Å². The van der Waals surface area contributed by atoms with Gasteiger partial charge < -0.3 is 11.1 Å². The van der Waals surface area contributed by atoms with Gasteiger partial charge in [-0.1, -0.05) is 17.7 Å². The smallest absolute Gasteiger partial charge is 0.0378 e. The van der Waals surface area contributed by atoms with E-state index < -0.39 is 0 Å². The number of aryl methyl sites for hydroxylation is 1. The minimum absolute atomic E-state index is 0.529. The first-order valence-corrected chi connectivity index (χ1v) is 5.28. The Balaban J connectivity index is 2.41. The molecule has 1 heterocycles. The van der Waals surface area contributed by atoms with Crippen LogP contribution in [0.25, 0.3) is 0 Å². The molecule has 0 saturated carbocycles. The van der Waals surface area contributed by atoms with Gasteiger partial charge in [0.15, 0.2) is 0 Å². The lowest BCUT2D eigenvalue weighted by atomic mass is 9.87. The fourth-order valence-corrected chi connectivity index (χ4v) is 2.25. The second-order valence-corrected chi connectivity index (χ2v) is 4.30. The van der Waals surface area contributed by atoms with Crippen molar-refractivity contribution in [1.29, 1.82) is 0 Å². The Hall–Kier alpha value is -1.02. The predicted molar refractivity (Wildman–Crippen MR) is 60.7 cm³/mol. The molecule has 1 aliphatic rings. The molecule has 2 nitrogen and oxygen atoms in total. The van der Waals surface area contributed by atoms with Crippen LogP contribution >= 0.6 is 0 Å². The minimum atomic E-state index is 0.529. The van der Waals surface area contributed by atoms with Gasteiger partial charge in [0.1, 0.15) is 0 Å². The summed E-state index contributed by atoms with van der Waals surface area (Å²) >= 11 is 0. The van der Waals surface area contributed by atoms with E-state index in [0.29, 0.717) is 12.0 Å². The predicted octanol–water partition coefficient (Wildman–Crippen LogP) is 2.24. The molecule has 76 valence electrons. The zero-order chi connectivity index (χ0) is 10.1. The molecule has 0 aliphatic carbocycles. The molecule has 2 unspecified atom stereocenters. The van der Waals surface area contributed by atoms with Crippen LogP contribution in [0.4, 0.5) is 5.69 Å². The Morgan fingerprint density at radius 2 is 2.29 bits per heavy atom. The van der Waals surface area contributed by atoms with Crippen molar-refractivity contribution in [2.75, 3.05) is 11.9 Å². The van der Waals surface area contributed by atoms with Crippen molar-refractivity contribution in [2.45, 2.75) is 32.2 Å². The monoisotopic (exact) mass is 190 g/mol. The quantitative estimate of drug-likeness (QED) is 0.712. The van der Waals surface area contributed by atoms with E-state index >= 15 is 0 Å². The lowest BCUT2D eigenvalue weighted by Crippen LogP contribution is -2.29. The maximum atomic E-state index is 5.80. The summed E-state index contributed by atoms with van der Waals surface area (Å²) in [7, 11) is 0. The average molecular weight is 190 g/mol. The third-order valence-corrected chi connectivity index (χ3v) is 2.97. The van der Waals surface area contributed by atoms with Crippen LogP contribution in [0, 0.1) is 6.92 Å². The molecule has 1 aromatic carbocycles. The largest absolute Gasteiger partial charge is 0.382 e. The Kier molecular flexibility index (Phi) is 2.46. The summed E-state index contributed by atoms with van der Waals surface area (Å²) in [6.45, 7) is 5.10. The molecular formula is C12H18N2. The van der Waals surface area contributed by atoms with E-state index in [2.05, 4.69) is 37.4 Å². The van der Waals surface area contributed by atoms with Crippen LogP contribution in [-0.2, 0) is 0 Å². The lowest BCUT2D eigenvalue weighted by Gasteiger charge is -2.31. The maximum Gasteiger partial charge on any atom is 0.0378 e. The standard InChI is InChI=1S/C12H18N2/c1-8-3-4-12-11(5-8)10(7-13)6-9(2)14-12/h3-5,9-10,14H,6-7,13H2,1-2H3. The van der Waals surface area contributed by atoms with E-state index in [-0.39, 0.29) is 0 Å². The van der Waals surface area contributed by atoms with Crippen molar-refractivity contribution < 1.29 is 0 Å². The molecule has 1 aromatic rings. The fourth-order valence-electron chi connectivity index (χ4n) is 2.25. The lowest BCUT2D eigenvalue weighted by molar-refractivity contribution is 0.561. The van der Waals surface area contributed by atoms with Crippen LogP contribution in [0.2, 0.25) is 0 Å². The molecule has 14 heavy (non-hydrogen) atoms. The summed E-state index contributed by atoms with van der Waals surface area (Å²) in [5, 5.41) is 3.50. The van der Waals surface area contributed by atoms with Crippen LogP contribution < -0.4 is 11.1 Å². The number of hydrogen-bond donors (Lipinski definition) is 2. The van der Waals surface area contributed by atoms with Gasteiger partial charge in [-0.3, -0.25) is 0 Å². The van der Waals surface area contributed by atoms with E-state index in [1.165, 1.54) is 16.8 Å². The maximum absolute atomic E-state index is 5.80. The topological polar surface area (TPSA) is 38.0 Å². The Labute approximate surface area is 85.5 Å². The first-order valence-electron chi connectivity index (χ1n) is 5.28. The highest BCUT2D eigenvalue weighted by Gasteiger charge is 2.22. The van der Waals surface area contributed by atoms with Gasteiger partial charge in [0.05, 0.1) is 0 Å². The summed E-state index contributed by atoms with van der Waals surface area (Å²) in [4.78, 5) is 0. The van der Waals surface area contributed by atoms with Crippen molar-refractivity contribution in [1.82, 2.24) is 0 Å². The number of anilines is 1. The second-order valence-electron chi connectivity index (χ2n) is 4.30. The van der Waals surface area contributed by atoms with Gasteiger partial charge in [0.2, 0.25) is 0 Å². The molecule has 0 saturated heterocycles. The number of hydrogen-bond acceptors (Lipinski definition) is 2. The van der Waals surface area contributed by atoms with Gasteiger partial charge in [0.25, 0.3) is 0 Å². The van der Waals surface area contributed by atoms with E-state index in [0.717, 1.165) is 13.0 Å². The molecular weight excluding hydrogens is 172 g/mol. The number of benzene rings is 1. The van der Waals surface area contributed by atoms with Crippen molar-refractivity contribution in [3.8, 4) is 0 Å². The summed E-state index contributed by atoms with van der Waals surface area (Å²) in [5.74, 6) is 0.529. The molecule has 0 aromatic heterocycles. The van der Waals surface area contributed by atoms with Crippen molar-refractivity contribution >= 4 is 5.69 Å². The molecule has 0 radical (unpaired) electrons. The van der Waals surface area contributed by atoms with E-state index in [9.17, 15) is 0 Å². The third-order valence-electron chi connectivity index (χ3n) is 2.97. The SMILES string of the molecule is Cc1ccc2c(c1)C(CN)CC(C)N2. The molecule has 0 bridgehead atoms. The van der Waals surface area contributed by atoms with Crippen LogP contribution in [0.1, 0.15) is 30.4 Å². The Morgan fingerprint density at radius 1 is 1.50 bits per heavy atom. The Bertz CT molecular complexity index is 333. The van der Waals surface area contributed by atoms with Gasteiger partial charge in [-0.25, -0.2) is 0 Å². The highest BCUT2D eigenvalue weighted by Crippen LogP contribution is 2.33. The number of nitrogens with two attached hydrogens (primary N) is 1. The zero-order valence-electron chi connectivity index (χ0n) is 8.88. The third kappa shape index (κ3) is 1.62. The van der Waals surface area contributed by atoms with Gasteiger partial charge >= 0.3 is 0 Å². The number of fused-ring (bicyclic) bond motifs is 1. The van der Waals surface area contributed by atoms with Gasteiger partial charge in [-0.2, -0.15) is 0 Å². The first-order chi connectivity index (χ1) is 6.70. The molecule has 0 fully saturated rings. The summed E-state index contributed by atoms with van der Waals surface area (Å²) in [6, 6.07) is 7.12. The van der Waals surface area contributed by atoms with E-state index in [1.807, 2.05) is 0 Å². The van der Waals surface area contributed by atoms with Crippen LogP contribution in [0.15, 0.2) is 18.2 Å². The second kappa shape index (κ2) is 3.62. The van der Waals surface area contributed by atoms with Gasteiger partial charge in [0, 0.05) is 17.6 Å². The highest BCUT2D eigenvalue weighted by atomic mass is 14.9. The number of nitrogens with one attached hydrogen (secondary N) is 1. The summed E-state index contributed by atoms with van der Waals surface area (Å²) < 4.78 is 0. The normalized spacial score (nSPS) is 25.4. The highest BCUT2D eigenvalue weighted by molar-refractivity contribution is 5.57. The number of rotatable bonds is 1. The zero-order valence-corrected chi connectivity index (χ0v) is 8.88. The van der Waals surface area contributed by atoms with Crippen molar-refractivity contribution in [3.63, 3.8) is 0 Å². The van der Waals surface area contributed by atoms with Gasteiger partial charge in [-0.05, 0) is 38.4 Å². The van der Waals surface area contributed by atoms with Gasteiger partial charge in [-0.15, -0.1) is 0 Å². The summed E-state index contributed by atoms with van der Waals surface area (Å²) in [6.07, 6.45) is 1.15. The van der Waals surface area contributed by atoms with E-state index in [1.54, 1.807) is 0 Å². The molecule has 0 spiro atoms. The molecule has 3 N–H and O–H groups in total. The minimum Gasteiger partial charge on any atom is -0.382 e. The van der Waals surface area contributed by atoms with Crippen LogP contribution in [0.3, 0.4) is 0 Å². The molecule has 1 aliphatic heterocycles. The van der Waals surface area contributed by atoms with Crippen LogP contribution in [-0.4, -0.2) is 12.6 Å². The molecule has 0 amide bonds. The Morgan fingerprint density at radius 3 is 3.00 bits per heavy atom. The molecule has 2 heteroatoms. The van der Waals surface area contributed by atoms with Crippen molar-refractivity contribution in [2.24, 2.45) is 5.73 Å². The molecule has 2 atom stereocenters. The summed E-state index contributed by atoms with van der Waals surface area (Å²) in [5.41, 5.74) is 9.78. The van der Waals surface area contributed by atoms with Crippen LogP contribution in [0.5, 0.6) is 0 Å². The molecule has 2 rings (SSSR count). The average Bonchev–Trinajstić information content (AvgIpc) is 2.17. The van der Waals surface area contributed by atoms with E-state index in [4.69, 9.17) is 5.73 Å². The first kappa shape index (κ1) is 9.53. The fraction of sp³-hybridized carbons (Fsp3) is 0.500.